The first kappa shape index (κ1) is 29.7. The van der Waals surface area contributed by atoms with Gasteiger partial charge in [-0.2, -0.15) is 21.6 Å². The standard InChI is InChI=1S/C24H34F3N5O5S/c1-16-11-32(9-8-24(25,26)27)17(2)14-37-20-7-6-18(29-38(34,35)22-13-30(3)15-28-22)10-19(20)23(33)31(4)12-21(16)36-5/h6-7,10,13,15-17,21,29H,8-9,11-12,14H2,1-5H3/t16-,17+,21+/m1/s1. The number of alkyl halides is 3. The number of nitrogens with one attached hydrogen (secondary N) is 1. The SMILES string of the molecule is CO[C@H]1CN(C)C(=O)c2cc(NS(=O)(=O)c3cn(C)cn3)ccc2OC[C@H](C)N(CCC(F)(F)F)C[C@H]1C. The van der Waals surface area contributed by atoms with Crippen molar-refractivity contribution in [1.82, 2.24) is 19.4 Å². The Morgan fingerprint density at radius 1 is 1.21 bits per heavy atom. The van der Waals surface area contributed by atoms with Crippen molar-refractivity contribution in [3.8, 4) is 5.75 Å². The number of halogens is 3. The predicted octanol–water partition coefficient (Wildman–Crippen LogP) is 2.98. The van der Waals surface area contributed by atoms with Gasteiger partial charge in [0, 0.05) is 58.8 Å². The van der Waals surface area contributed by atoms with Crippen LogP contribution < -0.4 is 9.46 Å². The summed E-state index contributed by atoms with van der Waals surface area (Å²) in [5.41, 5.74) is 0.231. The third kappa shape index (κ3) is 7.60. The highest BCUT2D eigenvalue weighted by Crippen LogP contribution is 2.28. The lowest BCUT2D eigenvalue weighted by Crippen LogP contribution is -2.47. The van der Waals surface area contributed by atoms with Crippen molar-refractivity contribution in [1.29, 1.82) is 0 Å². The van der Waals surface area contributed by atoms with Gasteiger partial charge in [0.15, 0.2) is 5.03 Å². The Bertz CT molecular complexity index is 1220. The molecule has 1 amide bonds. The van der Waals surface area contributed by atoms with Crippen LogP contribution in [0, 0.1) is 5.92 Å². The van der Waals surface area contributed by atoms with Gasteiger partial charge in [-0.1, -0.05) is 6.92 Å². The number of amides is 1. The monoisotopic (exact) mass is 561 g/mol. The van der Waals surface area contributed by atoms with Crippen molar-refractivity contribution in [2.75, 3.05) is 45.1 Å². The van der Waals surface area contributed by atoms with Crippen LogP contribution in [0.3, 0.4) is 0 Å². The molecule has 1 N–H and O–H groups in total. The lowest BCUT2D eigenvalue weighted by Gasteiger charge is -2.36. The van der Waals surface area contributed by atoms with Gasteiger partial charge in [-0.05, 0) is 31.0 Å². The van der Waals surface area contributed by atoms with Crippen LogP contribution >= 0.6 is 0 Å². The Morgan fingerprint density at radius 2 is 1.92 bits per heavy atom. The normalized spacial score (nSPS) is 22.3. The minimum atomic E-state index is -4.30. The number of fused-ring (bicyclic) bond motifs is 1. The van der Waals surface area contributed by atoms with Crippen molar-refractivity contribution in [3.05, 3.63) is 36.3 Å². The number of anilines is 1. The van der Waals surface area contributed by atoms with Crippen LogP contribution in [0.15, 0.2) is 35.7 Å². The minimum absolute atomic E-state index is 0.0191. The maximum atomic E-state index is 13.4. The lowest BCUT2D eigenvalue weighted by molar-refractivity contribution is -0.140. The molecule has 0 unspecified atom stereocenters. The van der Waals surface area contributed by atoms with Gasteiger partial charge in [0.05, 0.1) is 24.4 Å². The van der Waals surface area contributed by atoms with Crippen molar-refractivity contribution >= 4 is 21.6 Å². The number of hydrogen-bond donors (Lipinski definition) is 1. The zero-order chi connectivity index (χ0) is 28.3. The summed E-state index contributed by atoms with van der Waals surface area (Å²) < 4.78 is 79.9. The second-order valence-electron chi connectivity index (χ2n) is 9.65. The summed E-state index contributed by atoms with van der Waals surface area (Å²) in [5, 5.41) is -0.183. The number of likely N-dealkylation sites (N-methyl/N-ethyl adjacent to an activating group) is 1. The maximum Gasteiger partial charge on any atom is 0.390 e. The molecular formula is C24H34F3N5O5S. The molecule has 2 heterocycles. The summed E-state index contributed by atoms with van der Waals surface area (Å²) in [7, 11) is 0.698. The highest BCUT2D eigenvalue weighted by molar-refractivity contribution is 7.92. The van der Waals surface area contributed by atoms with E-state index in [2.05, 4.69) is 9.71 Å². The van der Waals surface area contributed by atoms with Crippen LogP contribution in [0.1, 0.15) is 30.6 Å². The van der Waals surface area contributed by atoms with E-state index < -0.39 is 40.7 Å². The number of nitrogens with zero attached hydrogens (tertiary/aromatic N) is 4. The van der Waals surface area contributed by atoms with Gasteiger partial charge in [0.1, 0.15) is 12.4 Å². The van der Waals surface area contributed by atoms with E-state index in [4.69, 9.17) is 9.47 Å². The molecule has 38 heavy (non-hydrogen) atoms. The summed E-state index contributed by atoms with van der Waals surface area (Å²) in [6.07, 6.45) is -3.01. The predicted molar refractivity (Wildman–Crippen MR) is 135 cm³/mol. The minimum Gasteiger partial charge on any atom is -0.491 e. The third-order valence-corrected chi connectivity index (χ3v) is 7.73. The van der Waals surface area contributed by atoms with Crippen molar-refractivity contribution in [2.45, 2.75) is 43.6 Å². The largest absolute Gasteiger partial charge is 0.491 e. The fourth-order valence-corrected chi connectivity index (χ4v) is 5.26. The summed E-state index contributed by atoms with van der Waals surface area (Å²) >= 11 is 0. The van der Waals surface area contributed by atoms with Crippen molar-refractivity contribution in [3.63, 3.8) is 0 Å². The smallest absolute Gasteiger partial charge is 0.390 e. The number of methoxy groups -OCH3 is 1. The molecule has 1 aliphatic heterocycles. The average Bonchev–Trinajstić information content (AvgIpc) is 3.29. The molecule has 10 nitrogen and oxygen atoms in total. The highest BCUT2D eigenvalue weighted by Gasteiger charge is 2.32. The lowest BCUT2D eigenvalue weighted by atomic mass is 10.0. The fourth-order valence-electron chi connectivity index (χ4n) is 4.23. The maximum absolute atomic E-state index is 13.4. The second kappa shape index (κ2) is 11.9. The third-order valence-electron chi connectivity index (χ3n) is 6.47. The summed E-state index contributed by atoms with van der Waals surface area (Å²) in [6, 6.07) is 3.88. The topological polar surface area (TPSA) is 106 Å². The van der Waals surface area contributed by atoms with Gasteiger partial charge in [-0.3, -0.25) is 14.4 Å². The highest BCUT2D eigenvalue weighted by atomic mass is 32.2. The van der Waals surface area contributed by atoms with Gasteiger partial charge >= 0.3 is 6.18 Å². The second-order valence-corrected chi connectivity index (χ2v) is 11.3. The van der Waals surface area contributed by atoms with E-state index in [1.54, 1.807) is 25.9 Å². The molecule has 0 radical (unpaired) electrons. The van der Waals surface area contributed by atoms with E-state index in [0.29, 0.717) is 6.54 Å². The Balaban J connectivity index is 1.94. The number of ether oxygens (including phenoxy) is 2. The van der Waals surface area contributed by atoms with E-state index >= 15 is 0 Å². The van der Waals surface area contributed by atoms with E-state index in [0.717, 1.165) is 0 Å². The van der Waals surface area contributed by atoms with E-state index in [1.807, 2.05) is 6.92 Å². The first-order chi connectivity index (χ1) is 17.7. The molecule has 3 atom stereocenters. The molecule has 212 valence electrons. The van der Waals surface area contributed by atoms with Crippen LogP contribution in [0.4, 0.5) is 18.9 Å². The van der Waals surface area contributed by atoms with Gasteiger partial charge in [0.25, 0.3) is 15.9 Å². The molecule has 14 heteroatoms. The van der Waals surface area contributed by atoms with E-state index in [1.165, 1.54) is 47.3 Å². The van der Waals surface area contributed by atoms with Crippen LogP contribution in [-0.2, 0) is 21.8 Å². The van der Waals surface area contributed by atoms with Crippen LogP contribution in [-0.4, -0.2) is 92.4 Å². The molecule has 0 aliphatic carbocycles. The Labute approximate surface area is 220 Å². The molecule has 2 aromatic rings. The van der Waals surface area contributed by atoms with Gasteiger partial charge in [-0.15, -0.1) is 0 Å². The molecule has 0 fully saturated rings. The Hall–Kier alpha value is -2.84. The molecule has 3 rings (SSSR count). The fraction of sp³-hybridized carbons (Fsp3) is 0.583. The van der Waals surface area contributed by atoms with Crippen molar-refractivity contribution in [2.24, 2.45) is 13.0 Å². The van der Waals surface area contributed by atoms with Gasteiger partial charge in [0.2, 0.25) is 0 Å². The number of carbonyl (C=O) groups is 1. The molecule has 0 saturated heterocycles. The summed E-state index contributed by atoms with van der Waals surface area (Å²) in [4.78, 5) is 20.4. The first-order valence-corrected chi connectivity index (χ1v) is 13.5. The molecular weight excluding hydrogens is 527 g/mol. The van der Waals surface area contributed by atoms with E-state index in [9.17, 15) is 26.4 Å². The molecule has 1 aliphatic rings. The average molecular weight is 562 g/mol. The number of aryl methyl sites for hydroxylation is 1. The molecule has 0 spiro atoms. The molecule has 0 saturated carbocycles. The van der Waals surface area contributed by atoms with Crippen LogP contribution in [0.2, 0.25) is 0 Å². The number of benzene rings is 1. The molecule has 1 aromatic carbocycles. The molecule has 1 aromatic heterocycles. The number of sulfonamides is 1. The number of carbonyl (C=O) groups excluding carboxylic acids is 1. The Morgan fingerprint density at radius 3 is 2.53 bits per heavy atom. The summed E-state index contributed by atoms with van der Waals surface area (Å²) in [6.45, 7) is 3.93. The zero-order valence-electron chi connectivity index (χ0n) is 22.0. The number of imidazole rings is 1. The van der Waals surface area contributed by atoms with Crippen LogP contribution in [0.25, 0.3) is 0 Å². The molecule has 0 bridgehead atoms. The van der Waals surface area contributed by atoms with Crippen LogP contribution in [0.5, 0.6) is 5.75 Å². The Kier molecular flexibility index (Phi) is 9.31. The van der Waals surface area contributed by atoms with Gasteiger partial charge < -0.3 is 18.9 Å². The number of hydrogen-bond acceptors (Lipinski definition) is 7. The zero-order valence-corrected chi connectivity index (χ0v) is 22.8. The first-order valence-electron chi connectivity index (χ1n) is 12.1. The number of aromatic nitrogens is 2. The quantitative estimate of drug-likeness (QED) is 0.578. The van der Waals surface area contributed by atoms with Gasteiger partial charge in [-0.25, -0.2) is 4.98 Å². The summed E-state index contributed by atoms with van der Waals surface area (Å²) in [5.74, 6) is -0.426. The number of rotatable bonds is 6. The van der Waals surface area contributed by atoms with Crippen molar-refractivity contribution < 1.29 is 35.9 Å². The van der Waals surface area contributed by atoms with E-state index in [-0.39, 0.29) is 47.6 Å².